The summed E-state index contributed by atoms with van der Waals surface area (Å²) < 4.78 is 89.5. The molecule has 0 spiro atoms. The number of anilines is 2. The number of rotatable bonds is 14. The van der Waals surface area contributed by atoms with Gasteiger partial charge in [0.2, 0.25) is 5.95 Å². The van der Waals surface area contributed by atoms with Gasteiger partial charge in [0.25, 0.3) is 11.3 Å². The highest BCUT2D eigenvalue weighted by Crippen LogP contribution is 2.39. The largest absolute Gasteiger partial charge is 0.460 e. The lowest BCUT2D eigenvalue weighted by Gasteiger charge is -2.21. The van der Waals surface area contributed by atoms with Crippen molar-refractivity contribution in [3.8, 4) is 11.3 Å². The Morgan fingerprint density at radius 2 is 1.67 bits per heavy atom. The number of hydrogen-bond donors (Lipinski definition) is 2. The molecule has 2 N–H and O–H groups in total. The van der Waals surface area contributed by atoms with Crippen LogP contribution < -0.4 is 9.62 Å². The number of nitrogens with one attached hydrogen (secondary N) is 1. The third kappa shape index (κ3) is 10.6. The normalized spacial score (nSPS) is 12.7. The second-order valence-electron chi connectivity index (χ2n) is 10.4. The average Bonchev–Trinajstić information content (AvgIpc) is 2.90. The van der Waals surface area contributed by atoms with Crippen molar-refractivity contribution in [1.29, 1.82) is 0 Å². The van der Waals surface area contributed by atoms with Gasteiger partial charge in [-0.15, -0.1) is 0 Å². The van der Waals surface area contributed by atoms with E-state index in [1.165, 1.54) is 18.2 Å². The number of halogens is 4. The number of alkyl halides is 3. The first kappa shape index (κ1) is 34.0. The van der Waals surface area contributed by atoms with Crippen molar-refractivity contribution in [2.75, 3.05) is 24.0 Å². The number of hydrogen-bond acceptors (Lipinski definition) is 7. The first-order chi connectivity index (χ1) is 20.3. The molecule has 0 aliphatic carbocycles. The zero-order valence-corrected chi connectivity index (χ0v) is 24.8. The van der Waals surface area contributed by atoms with E-state index in [2.05, 4.69) is 15.3 Å². The van der Waals surface area contributed by atoms with Crippen molar-refractivity contribution >= 4 is 28.9 Å². The zero-order valence-electron chi connectivity index (χ0n) is 24.0. The molecule has 3 aromatic rings. The fourth-order valence-corrected chi connectivity index (χ4v) is 4.54. The highest BCUT2D eigenvalue weighted by atomic mass is 32.2. The number of ether oxygens (including phenoxy) is 2. The smallest absolute Gasteiger partial charge is 0.418 e. The Bertz CT molecular complexity index is 1400. The van der Waals surface area contributed by atoms with Crippen LogP contribution in [-0.2, 0) is 38.3 Å². The summed E-state index contributed by atoms with van der Waals surface area (Å²) in [5.41, 5.74) is -1.53. The third-order valence-corrected chi connectivity index (χ3v) is 6.47. The van der Waals surface area contributed by atoms with Gasteiger partial charge >= 0.3 is 12.1 Å². The monoisotopic (exact) mass is 626 g/mol. The van der Waals surface area contributed by atoms with Gasteiger partial charge in [0, 0.05) is 18.6 Å². The average molecular weight is 627 g/mol. The summed E-state index contributed by atoms with van der Waals surface area (Å²) in [5, 5.41) is 3.21. The topological polar surface area (TPSA) is 114 Å². The standard InChI is InChI=1S/C29H34F4N4O5S/c1-28(2,3)42-26(38)13-7-16-34-17-8-18-41-19-20-9-4-5-10-21(20)27-22(29(31,32)33)14-15-25(36-27)37(43(39)40)24-12-6-11-23(30)35-24/h4-6,9-12,14-15,34H,7-8,13,16-19H2,1-3H3,(H,39,40). The second kappa shape index (κ2) is 15.3. The molecule has 43 heavy (non-hydrogen) atoms. The molecule has 3 rings (SSSR count). The van der Waals surface area contributed by atoms with E-state index in [1.807, 2.05) is 20.8 Å². The van der Waals surface area contributed by atoms with Crippen LogP contribution in [0.5, 0.6) is 0 Å². The molecule has 234 valence electrons. The number of benzene rings is 1. The third-order valence-electron chi connectivity index (χ3n) is 5.79. The zero-order chi connectivity index (χ0) is 31.6. The first-order valence-electron chi connectivity index (χ1n) is 13.5. The van der Waals surface area contributed by atoms with Crippen LogP contribution in [0.2, 0.25) is 0 Å². The Kier molecular flexibility index (Phi) is 12.1. The molecule has 1 atom stereocenters. The van der Waals surface area contributed by atoms with Crippen molar-refractivity contribution < 1.29 is 40.6 Å². The summed E-state index contributed by atoms with van der Waals surface area (Å²) in [4.78, 5) is 19.4. The minimum Gasteiger partial charge on any atom is -0.460 e. The van der Waals surface area contributed by atoms with Gasteiger partial charge in [-0.05, 0) is 76.5 Å². The summed E-state index contributed by atoms with van der Waals surface area (Å²) in [6.45, 7) is 6.96. The maximum atomic E-state index is 14.0. The predicted octanol–water partition coefficient (Wildman–Crippen LogP) is 6.19. The fraction of sp³-hybridized carbons (Fsp3) is 0.414. The van der Waals surface area contributed by atoms with Crippen LogP contribution in [0, 0.1) is 5.95 Å². The molecule has 14 heteroatoms. The summed E-state index contributed by atoms with van der Waals surface area (Å²) in [5.74, 6) is -1.85. The molecular weight excluding hydrogens is 592 g/mol. The van der Waals surface area contributed by atoms with Gasteiger partial charge in [-0.2, -0.15) is 17.6 Å². The van der Waals surface area contributed by atoms with Crippen LogP contribution in [0.15, 0.2) is 54.6 Å². The number of aromatic nitrogens is 2. The van der Waals surface area contributed by atoms with Gasteiger partial charge in [-0.1, -0.05) is 30.3 Å². The van der Waals surface area contributed by atoms with E-state index in [0.717, 1.165) is 18.2 Å². The highest BCUT2D eigenvalue weighted by molar-refractivity contribution is 7.81. The van der Waals surface area contributed by atoms with Gasteiger partial charge in [-0.25, -0.2) is 18.5 Å². The van der Waals surface area contributed by atoms with Crippen molar-refractivity contribution in [3.05, 3.63) is 71.7 Å². The molecule has 0 saturated heterocycles. The molecule has 2 aromatic heterocycles. The lowest BCUT2D eigenvalue weighted by atomic mass is 10.00. The van der Waals surface area contributed by atoms with E-state index >= 15 is 0 Å². The van der Waals surface area contributed by atoms with Crippen molar-refractivity contribution in [3.63, 3.8) is 0 Å². The van der Waals surface area contributed by atoms with Gasteiger partial charge in [0.1, 0.15) is 11.4 Å². The molecule has 0 amide bonds. The molecule has 1 aromatic carbocycles. The quantitative estimate of drug-likeness (QED) is 0.0716. The van der Waals surface area contributed by atoms with Crippen LogP contribution >= 0.6 is 0 Å². The van der Waals surface area contributed by atoms with Crippen LogP contribution in [0.25, 0.3) is 11.3 Å². The summed E-state index contributed by atoms with van der Waals surface area (Å²) in [6, 6.07) is 11.4. The van der Waals surface area contributed by atoms with E-state index in [0.29, 0.717) is 48.8 Å². The van der Waals surface area contributed by atoms with E-state index in [-0.39, 0.29) is 29.8 Å². The molecule has 0 bridgehead atoms. The van der Waals surface area contributed by atoms with Crippen LogP contribution in [0.3, 0.4) is 0 Å². The number of esters is 1. The van der Waals surface area contributed by atoms with Gasteiger partial charge < -0.3 is 14.8 Å². The molecule has 1 unspecified atom stereocenters. The molecule has 0 aliphatic rings. The number of nitrogens with zero attached hydrogens (tertiary/aromatic N) is 3. The summed E-state index contributed by atoms with van der Waals surface area (Å²) >= 11 is -2.82. The molecule has 0 fully saturated rings. The first-order valence-corrected chi connectivity index (χ1v) is 14.5. The Morgan fingerprint density at radius 1 is 0.977 bits per heavy atom. The van der Waals surface area contributed by atoms with E-state index < -0.39 is 40.2 Å². The molecule has 0 saturated carbocycles. The van der Waals surface area contributed by atoms with Crippen molar-refractivity contribution in [1.82, 2.24) is 15.3 Å². The molecule has 0 radical (unpaired) electrons. The second-order valence-corrected chi connectivity index (χ2v) is 11.2. The SMILES string of the molecule is CC(C)(C)OC(=O)CCCNCCCOCc1ccccc1-c1nc(N(c2cccc(F)n2)S(=O)O)ccc1C(F)(F)F. The van der Waals surface area contributed by atoms with Crippen molar-refractivity contribution in [2.24, 2.45) is 0 Å². The van der Waals surface area contributed by atoms with Crippen molar-refractivity contribution in [2.45, 2.75) is 58.4 Å². The maximum Gasteiger partial charge on any atom is 0.418 e. The number of carbonyl (C=O) groups is 1. The van der Waals surface area contributed by atoms with Crippen LogP contribution in [0.4, 0.5) is 29.2 Å². The van der Waals surface area contributed by atoms with Crippen LogP contribution in [-0.4, -0.2) is 50.0 Å². The predicted molar refractivity (Wildman–Crippen MR) is 154 cm³/mol. The Morgan fingerprint density at radius 3 is 2.35 bits per heavy atom. The number of pyridine rings is 2. The van der Waals surface area contributed by atoms with Gasteiger partial charge in [0.05, 0.1) is 17.9 Å². The van der Waals surface area contributed by atoms with E-state index in [1.54, 1.807) is 18.2 Å². The minimum absolute atomic E-state index is 0.0148. The summed E-state index contributed by atoms with van der Waals surface area (Å²) in [7, 11) is 0. The molecule has 0 aliphatic heterocycles. The van der Waals surface area contributed by atoms with E-state index in [4.69, 9.17) is 9.47 Å². The van der Waals surface area contributed by atoms with Gasteiger partial charge in [0.15, 0.2) is 5.82 Å². The lowest BCUT2D eigenvalue weighted by molar-refractivity contribution is -0.154. The Balaban J connectivity index is 1.69. The van der Waals surface area contributed by atoms with Crippen LogP contribution in [0.1, 0.15) is 51.2 Å². The molecular formula is C29H34F4N4O5S. The Labute approximate surface area is 250 Å². The molecule has 9 nitrogen and oxygen atoms in total. The fourth-order valence-electron chi connectivity index (χ4n) is 4.02. The van der Waals surface area contributed by atoms with Gasteiger partial charge in [-0.3, -0.25) is 9.35 Å². The Hall–Kier alpha value is -3.46. The maximum absolute atomic E-state index is 14.0. The van der Waals surface area contributed by atoms with E-state index in [9.17, 15) is 31.1 Å². The lowest BCUT2D eigenvalue weighted by Crippen LogP contribution is -2.25. The minimum atomic E-state index is -4.79. The summed E-state index contributed by atoms with van der Waals surface area (Å²) in [6.07, 6.45) is -3.25. The highest BCUT2D eigenvalue weighted by Gasteiger charge is 2.36. The molecule has 2 heterocycles. The number of carbonyl (C=O) groups excluding carboxylic acids is 1.